The highest BCUT2D eigenvalue weighted by Gasteiger charge is 2.12. The number of rotatable bonds is 8. The average Bonchev–Trinajstić information content (AvgIpc) is 2.51. The number of hydrogen-bond acceptors (Lipinski definition) is 5. The molecule has 0 unspecified atom stereocenters. The second-order valence-electron chi connectivity index (χ2n) is 4.55. The molecule has 1 aromatic rings. The lowest BCUT2D eigenvalue weighted by atomic mass is 10.2. The molecule has 0 aliphatic carbocycles. The zero-order valence-electron chi connectivity index (χ0n) is 12.3. The Morgan fingerprint density at radius 3 is 1.90 bits per heavy atom. The van der Waals surface area contributed by atoms with Gasteiger partial charge in [-0.3, -0.25) is 14.5 Å². The molecule has 116 valence electrons. The van der Waals surface area contributed by atoms with E-state index in [0.717, 1.165) is 5.56 Å². The van der Waals surface area contributed by atoms with Crippen molar-refractivity contribution < 1.29 is 23.5 Å². The Bertz CT molecular complexity index is 441. The van der Waals surface area contributed by atoms with Crippen LogP contribution in [0.2, 0.25) is 0 Å². The monoisotopic (exact) mass is 297 g/mol. The number of esters is 2. The summed E-state index contributed by atoms with van der Waals surface area (Å²) in [5.74, 6) is -0.913. The van der Waals surface area contributed by atoms with Crippen LogP contribution < -0.4 is 0 Å². The van der Waals surface area contributed by atoms with Crippen molar-refractivity contribution in [1.29, 1.82) is 0 Å². The van der Waals surface area contributed by atoms with Crippen molar-refractivity contribution in [1.82, 2.24) is 4.90 Å². The van der Waals surface area contributed by atoms with Crippen LogP contribution in [-0.4, -0.2) is 44.1 Å². The smallest absolute Gasteiger partial charge is 0.306 e. The number of ether oxygens (including phenoxy) is 2. The highest BCUT2D eigenvalue weighted by Crippen LogP contribution is 2.08. The Kier molecular flexibility index (Phi) is 7.39. The van der Waals surface area contributed by atoms with Crippen LogP contribution in [0, 0.1) is 5.82 Å². The minimum atomic E-state index is -0.308. The van der Waals surface area contributed by atoms with Gasteiger partial charge in [-0.2, -0.15) is 0 Å². The second kappa shape index (κ2) is 9.07. The molecule has 5 nitrogen and oxygen atoms in total. The predicted octanol–water partition coefficient (Wildman–Crippen LogP) is 1.75. The van der Waals surface area contributed by atoms with Crippen LogP contribution in [0.1, 0.15) is 18.4 Å². The van der Waals surface area contributed by atoms with Crippen LogP contribution >= 0.6 is 0 Å². The third-order valence-electron chi connectivity index (χ3n) is 3.04. The maximum absolute atomic E-state index is 12.9. The Balaban J connectivity index is 2.59. The molecule has 0 aliphatic rings. The van der Waals surface area contributed by atoms with Crippen LogP contribution in [0.5, 0.6) is 0 Å². The largest absolute Gasteiger partial charge is 0.469 e. The maximum atomic E-state index is 12.9. The van der Waals surface area contributed by atoms with Gasteiger partial charge in [-0.1, -0.05) is 12.1 Å². The fraction of sp³-hybridized carbons (Fsp3) is 0.467. The van der Waals surface area contributed by atoms with Crippen molar-refractivity contribution in [3.05, 3.63) is 35.6 Å². The number of carbonyl (C=O) groups excluding carboxylic acids is 2. The predicted molar refractivity (Wildman–Crippen MR) is 74.9 cm³/mol. The van der Waals surface area contributed by atoms with E-state index in [1.54, 1.807) is 12.1 Å². The van der Waals surface area contributed by atoms with Crippen molar-refractivity contribution in [2.75, 3.05) is 27.3 Å². The summed E-state index contributed by atoms with van der Waals surface area (Å²) < 4.78 is 22.1. The fourth-order valence-corrected chi connectivity index (χ4v) is 1.82. The molecule has 0 bridgehead atoms. The molecule has 0 heterocycles. The van der Waals surface area contributed by atoms with E-state index >= 15 is 0 Å². The molecule has 6 heteroatoms. The highest BCUT2D eigenvalue weighted by atomic mass is 19.1. The van der Waals surface area contributed by atoms with E-state index in [1.807, 2.05) is 4.90 Å². The van der Waals surface area contributed by atoms with Crippen LogP contribution in [0.3, 0.4) is 0 Å². The molecule has 0 saturated heterocycles. The normalized spacial score (nSPS) is 10.5. The van der Waals surface area contributed by atoms with Gasteiger partial charge in [0.25, 0.3) is 0 Å². The van der Waals surface area contributed by atoms with Crippen LogP contribution in [-0.2, 0) is 25.6 Å². The maximum Gasteiger partial charge on any atom is 0.306 e. The van der Waals surface area contributed by atoms with Crippen LogP contribution in [0.25, 0.3) is 0 Å². The first-order chi connectivity index (χ1) is 10.0. The SMILES string of the molecule is COC(=O)CCN(CCC(=O)OC)Cc1ccc(F)cc1. The summed E-state index contributed by atoms with van der Waals surface area (Å²) in [6.45, 7) is 1.44. The number of benzene rings is 1. The molecule has 0 spiro atoms. The second-order valence-corrected chi connectivity index (χ2v) is 4.55. The first-order valence-electron chi connectivity index (χ1n) is 6.65. The molecule has 0 amide bonds. The van der Waals surface area contributed by atoms with Crippen molar-refractivity contribution in [2.45, 2.75) is 19.4 Å². The van der Waals surface area contributed by atoms with Gasteiger partial charge in [0.05, 0.1) is 27.1 Å². The summed E-state index contributed by atoms with van der Waals surface area (Å²) in [6.07, 6.45) is 0.470. The summed E-state index contributed by atoms with van der Waals surface area (Å²) in [7, 11) is 2.67. The van der Waals surface area contributed by atoms with E-state index in [4.69, 9.17) is 0 Å². The van der Waals surface area contributed by atoms with Gasteiger partial charge in [0.1, 0.15) is 5.82 Å². The third-order valence-corrected chi connectivity index (χ3v) is 3.04. The summed E-state index contributed by atoms with van der Waals surface area (Å²) in [5, 5.41) is 0. The first-order valence-corrected chi connectivity index (χ1v) is 6.65. The van der Waals surface area contributed by atoms with Gasteiger partial charge in [0.2, 0.25) is 0 Å². The molecule has 0 aromatic heterocycles. The lowest BCUT2D eigenvalue weighted by Crippen LogP contribution is -2.29. The summed E-state index contributed by atoms with van der Waals surface area (Å²) in [5.41, 5.74) is 0.908. The average molecular weight is 297 g/mol. The zero-order chi connectivity index (χ0) is 15.7. The quantitative estimate of drug-likeness (QED) is 0.684. The molecular formula is C15H20FNO4. The molecule has 21 heavy (non-hydrogen) atoms. The fourth-order valence-electron chi connectivity index (χ4n) is 1.82. The molecule has 0 saturated carbocycles. The van der Waals surface area contributed by atoms with Crippen LogP contribution in [0.4, 0.5) is 4.39 Å². The summed E-state index contributed by atoms with van der Waals surface area (Å²) in [6, 6.07) is 6.12. The van der Waals surface area contributed by atoms with E-state index in [1.165, 1.54) is 26.4 Å². The van der Waals surface area contributed by atoms with Gasteiger partial charge in [-0.25, -0.2) is 4.39 Å². The molecule has 1 aromatic carbocycles. The first kappa shape index (κ1) is 17.1. The Morgan fingerprint density at radius 2 is 1.48 bits per heavy atom. The summed E-state index contributed by atoms with van der Waals surface area (Å²) in [4.78, 5) is 24.4. The Morgan fingerprint density at radius 1 is 1.00 bits per heavy atom. The van der Waals surface area contributed by atoms with Crippen LogP contribution in [0.15, 0.2) is 24.3 Å². The molecular weight excluding hydrogens is 277 g/mol. The number of nitrogens with zero attached hydrogens (tertiary/aromatic N) is 1. The Hall–Kier alpha value is -1.95. The van der Waals surface area contributed by atoms with E-state index in [-0.39, 0.29) is 30.6 Å². The van der Waals surface area contributed by atoms with Gasteiger partial charge in [-0.05, 0) is 17.7 Å². The Labute approximate surface area is 123 Å². The van der Waals surface area contributed by atoms with Gasteiger partial charge in [0.15, 0.2) is 0 Å². The van der Waals surface area contributed by atoms with Gasteiger partial charge in [0, 0.05) is 19.6 Å². The number of hydrogen-bond donors (Lipinski definition) is 0. The molecule has 0 radical (unpaired) electrons. The minimum Gasteiger partial charge on any atom is -0.469 e. The molecule has 0 aliphatic heterocycles. The highest BCUT2D eigenvalue weighted by molar-refractivity contribution is 5.70. The van der Waals surface area contributed by atoms with E-state index in [9.17, 15) is 14.0 Å². The molecule has 0 fully saturated rings. The summed E-state index contributed by atoms with van der Waals surface area (Å²) >= 11 is 0. The van der Waals surface area contributed by atoms with E-state index in [2.05, 4.69) is 9.47 Å². The molecule has 0 N–H and O–H groups in total. The third kappa shape index (κ3) is 6.85. The van der Waals surface area contributed by atoms with Crippen molar-refractivity contribution in [3.63, 3.8) is 0 Å². The topological polar surface area (TPSA) is 55.8 Å². The number of methoxy groups -OCH3 is 2. The van der Waals surface area contributed by atoms with Crippen molar-refractivity contribution >= 4 is 11.9 Å². The lowest BCUT2D eigenvalue weighted by molar-refractivity contribution is -0.141. The standard InChI is InChI=1S/C15H20FNO4/c1-20-14(18)7-9-17(10-8-15(19)21-2)11-12-3-5-13(16)6-4-12/h3-6H,7-11H2,1-2H3. The van der Waals surface area contributed by atoms with Crippen molar-refractivity contribution in [2.24, 2.45) is 0 Å². The number of carbonyl (C=O) groups is 2. The van der Waals surface area contributed by atoms with Gasteiger partial charge < -0.3 is 9.47 Å². The lowest BCUT2D eigenvalue weighted by Gasteiger charge is -2.21. The van der Waals surface area contributed by atoms with Gasteiger partial charge in [-0.15, -0.1) is 0 Å². The molecule has 1 rings (SSSR count). The molecule has 0 atom stereocenters. The van der Waals surface area contributed by atoms with Crippen molar-refractivity contribution in [3.8, 4) is 0 Å². The number of halogens is 1. The van der Waals surface area contributed by atoms with E-state index < -0.39 is 0 Å². The zero-order valence-corrected chi connectivity index (χ0v) is 12.3. The van der Waals surface area contributed by atoms with Gasteiger partial charge >= 0.3 is 11.9 Å². The minimum absolute atomic E-state index is 0.235. The van der Waals surface area contributed by atoms with E-state index in [0.29, 0.717) is 19.6 Å².